The van der Waals surface area contributed by atoms with E-state index in [0.29, 0.717) is 22.3 Å². The highest BCUT2D eigenvalue weighted by molar-refractivity contribution is 5.25. The molecule has 6 aliphatic rings. The van der Waals surface area contributed by atoms with E-state index in [1.807, 2.05) is 0 Å². The van der Waals surface area contributed by atoms with Crippen LogP contribution in [0.3, 0.4) is 0 Å². The molecule has 144 valence electrons. The number of ether oxygens (including phenoxy) is 1. The van der Waals surface area contributed by atoms with Gasteiger partial charge < -0.3 is 4.74 Å². The number of hydrogen-bond acceptors (Lipinski definition) is 1. The van der Waals surface area contributed by atoms with Gasteiger partial charge in [-0.2, -0.15) is 0 Å². The summed E-state index contributed by atoms with van der Waals surface area (Å²) in [6.07, 6.45) is 19.3. The van der Waals surface area contributed by atoms with Gasteiger partial charge in [0.25, 0.3) is 0 Å². The minimum absolute atomic E-state index is 0.192. The van der Waals surface area contributed by atoms with Crippen LogP contribution in [0.25, 0.3) is 0 Å². The van der Waals surface area contributed by atoms with Crippen molar-refractivity contribution in [2.45, 2.75) is 109 Å². The summed E-state index contributed by atoms with van der Waals surface area (Å²) < 4.78 is 6.66. The first-order chi connectivity index (χ1) is 12.4. The summed E-state index contributed by atoms with van der Waals surface area (Å²) >= 11 is 0. The van der Waals surface area contributed by atoms with Crippen LogP contribution in [0.15, 0.2) is 12.2 Å². The Hall–Kier alpha value is -0.300. The Morgan fingerprint density at radius 3 is 2.58 bits per heavy atom. The largest absolute Gasteiger partial charge is 0.366 e. The molecular weight excluding hydrogens is 316 g/mol. The lowest BCUT2D eigenvalue weighted by Gasteiger charge is -2.61. The lowest BCUT2D eigenvalue weighted by atomic mass is 9.44. The normalized spacial score (nSPS) is 57.1. The third kappa shape index (κ3) is 2.08. The minimum atomic E-state index is 0.192. The highest BCUT2D eigenvalue weighted by atomic mass is 16.6. The van der Waals surface area contributed by atoms with Gasteiger partial charge in [-0.05, 0) is 93.3 Å². The van der Waals surface area contributed by atoms with E-state index in [2.05, 4.69) is 13.8 Å². The predicted octanol–water partition coefficient (Wildman–Crippen LogP) is 6.67. The molecule has 0 bridgehead atoms. The molecule has 0 radical (unpaired) electrons. The fourth-order valence-corrected chi connectivity index (χ4v) is 9.56. The summed E-state index contributed by atoms with van der Waals surface area (Å²) in [6, 6.07) is 0. The molecule has 7 atom stereocenters. The predicted molar refractivity (Wildman–Crippen MR) is 106 cm³/mol. The van der Waals surface area contributed by atoms with E-state index < -0.39 is 0 Å². The molecule has 0 aromatic carbocycles. The summed E-state index contributed by atoms with van der Waals surface area (Å²) in [5, 5.41) is 0. The van der Waals surface area contributed by atoms with Gasteiger partial charge in [-0.15, -0.1) is 0 Å². The molecule has 1 saturated heterocycles. The fraction of sp³-hybridized carbons (Fsp3) is 0.920. The van der Waals surface area contributed by atoms with Crippen LogP contribution in [-0.2, 0) is 4.74 Å². The molecule has 5 aliphatic carbocycles. The molecule has 6 rings (SSSR count). The zero-order chi connectivity index (χ0) is 17.8. The first-order valence-electron chi connectivity index (χ1n) is 11.7. The van der Waals surface area contributed by atoms with Crippen LogP contribution < -0.4 is 0 Å². The Morgan fingerprint density at radius 2 is 1.77 bits per heavy atom. The van der Waals surface area contributed by atoms with Gasteiger partial charge in [0.05, 0.1) is 11.7 Å². The summed E-state index contributed by atoms with van der Waals surface area (Å²) in [7, 11) is 0. The lowest BCUT2D eigenvalue weighted by molar-refractivity contribution is -0.0930. The Morgan fingerprint density at radius 1 is 0.962 bits per heavy atom. The third-order valence-electron chi connectivity index (χ3n) is 10.5. The zero-order valence-electron chi connectivity index (χ0n) is 17.1. The maximum atomic E-state index is 6.66. The van der Waals surface area contributed by atoms with Crippen LogP contribution in [0.4, 0.5) is 0 Å². The number of fused-ring (bicyclic) bond motifs is 2. The minimum Gasteiger partial charge on any atom is -0.366 e. The van der Waals surface area contributed by atoms with Crippen molar-refractivity contribution in [3.05, 3.63) is 12.2 Å². The maximum absolute atomic E-state index is 6.66. The first kappa shape index (κ1) is 16.6. The average Bonchev–Trinajstić information content (AvgIpc) is 2.94. The Labute approximate surface area is 160 Å². The number of hydrogen-bond donors (Lipinski definition) is 0. The zero-order valence-corrected chi connectivity index (χ0v) is 17.1. The molecule has 0 unspecified atom stereocenters. The van der Waals surface area contributed by atoms with Gasteiger partial charge in [0.1, 0.15) is 0 Å². The van der Waals surface area contributed by atoms with E-state index >= 15 is 0 Å². The second-order valence-corrected chi connectivity index (χ2v) is 12.2. The summed E-state index contributed by atoms with van der Waals surface area (Å²) in [5.74, 6) is 2.65. The van der Waals surface area contributed by atoms with E-state index in [4.69, 9.17) is 11.3 Å². The van der Waals surface area contributed by atoms with Gasteiger partial charge in [-0.3, -0.25) is 0 Å². The second kappa shape index (κ2) is 5.00. The first-order valence-corrected chi connectivity index (χ1v) is 11.7. The molecule has 6 fully saturated rings. The SMILES string of the molecule is C=C1C[C@]2(CCC3(CCCC3)C2)[C@@H]2O[C@]2(C)C[C@@H]2CCC[C@@]3(C)C[C@H]1[C@@H]23. The van der Waals surface area contributed by atoms with Crippen LogP contribution in [0, 0.1) is 34.0 Å². The van der Waals surface area contributed by atoms with E-state index in [-0.39, 0.29) is 5.60 Å². The molecule has 0 amide bonds. The molecule has 5 saturated carbocycles. The third-order valence-corrected chi connectivity index (χ3v) is 10.5. The number of epoxide rings is 1. The van der Waals surface area contributed by atoms with Gasteiger partial charge in [-0.1, -0.05) is 44.8 Å². The molecule has 0 aromatic rings. The van der Waals surface area contributed by atoms with E-state index in [0.717, 1.165) is 17.8 Å². The van der Waals surface area contributed by atoms with Crippen molar-refractivity contribution in [1.82, 2.24) is 0 Å². The molecular formula is C25H38O. The topological polar surface area (TPSA) is 12.5 Å². The second-order valence-electron chi connectivity index (χ2n) is 12.2. The number of rotatable bonds is 0. The fourth-order valence-electron chi connectivity index (χ4n) is 9.56. The van der Waals surface area contributed by atoms with Gasteiger partial charge in [0, 0.05) is 5.41 Å². The summed E-state index contributed by atoms with van der Waals surface area (Å²) in [5.41, 5.74) is 3.57. The molecule has 26 heavy (non-hydrogen) atoms. The van der Waals surface area contributed by atoms with Crippen molar-refractivity contribution in [2.75, 3.05) is 0 Å². The van der Waals surface area contributed by atoms with E-state index in [1.54, 1.807) is 5.57 Å². The molecule has 1 heteroatoms. The standard InChI is InChI=1S/C25H38O/c1-17-13-25(12-11-24(16-25)9-4-5-10-24)21-23(3,26-21)14-18-7-6-8-22(2)15-19(17)20(18)22/h18-21H,1,4-16H2,2-3H3/t18-,19+,20+,21+,22-,23+,25-/m0/s1. The van der Waals surface area contributed by atoms with E-state index in [1.165, 1.54) is 83.5 Å². The summed E-state index contributed by atoms with van der Waals surface area (Å²) in [6.45, 7) is 9.83. The molecule has 1 aliphatic heterocycles. The number of allylic oxidation sites excluding steroid dienone is 1. The van der Waals surface area contributed by atoms with Crippen molar-refractivity contribution >= 4 is 0 Å². The van der Waals surface area contributed by atoms with Crippen LogP contribution in [0.5, 0.6) is 0 Å². The highest BCUT2D eigenvalue weighted by Crippen LogP contribution is 2.72. The van der Waals surface area contributed by atoms with Gasteiger partial charge in [0.15, 0.2) is 0 Å². The van der Waals surface area contributed by atoms with Crippen molar-refractivity contribution in [3.8, 4) is 0 Å². The average molecular weight is 355 g/mol. The van der Waals surface area contributed by atoms with Crippen molar-refractivity contribution in [2.24, 2.45) is 34.0 Å². The monoisotopic (exact) mass is 354 g/mol. The maximum Gasteiger partial charge on any atom is 0.0930 e. The molecule has 1 heterocycles. The molecule has 2 spiro atoms. The summed E-state index contributed by atoms with van der Waals surface area (Å²) in [4.78, 5) is 0. The lowest BCUT2D eigenvalue weighted by Crippen LogP contribution is -2.53. The van der Waals surface area contributed by atoms with Crippen LogP contribution in [-0.4, -0.2) is 11.7 Å². The van der Waals surface area contributed by atoms with Crippen LogP contribution >= 0.6 is 0 Å². The Balaban J connectivity index is 1.35. The van der Waals surface area contributed by atoms with E-state index in [9.17, 15) is 0 Å². The van der Waals surface area contributed by atoms with Crippen molar-refractivity contribution in [3.63, 3.8) is 0 Å². The quantitative estimate of drug-likeness (QED) is 0.350. The van der Waals surface area contributed by atoms with Crippen LogP contribution in [0.1, 0.15) is 97.3 Å². The Kier molecular flexibility index (Phi) is 3.20. The van der Waals surface area contributed by atoms with Crippen molar-refractivity contribution < 1.29 is 4.74 Å². The van der Waals surface area contributed by atoms with Gasteiger partial charge in [0.2, 0.25) is 0 Å². The Bertz CT molecular complexity index is 645. The molecule has 1 nitrogen and oxygen atoms in total. The highest BCUT2D eigenvalue weighted by Gasteiger charge is 2.69. The molecule has 0 N–H and O–H groups in total. The molecule has 0 aromatic heterocycles. The smallest absolute Gasteiger partial charge is 0.0930 e. The van der Waals surface area contributed by atoms with Gasteiger partial charge in [-0.25, -0.2) is 0 Å². The van der Waals surface area contributed by atoms with Crippen LogP contribution in [0.2, 0.25) is 0 Å². The van der Waals surface area contributed by atoms with Crippen molar-refractivity contribution in [1.29, 1.82) is 0 Å². The van der Waals surface area contributed by atoms with Gasteiger partial charge >= 0.3 is 0 Å².